The lowest BCUT2D eigenvalue weighted by molar-refractivity contribution is -0.140. The molecule has 0 bridgehead atoms. The van der Waals surface area contributed by atoms with Crippen molar-refractivity contribution in [2.75, 3.05) is 7.11 Å². The number of hydrogen-bond donors (Lipinski definition) is 0. The van der Waals surface area contributed by atoms with Crippen LogP contribution >= 0.6 is 22.7 Å². The van der Waals surface area contributed by atoms with Crippen LogP contribution in [-0.2, 0) is 16.1 Å². The van der Waals surface area contributed by atoms with E-state index in [2.05, 4.69) is 9.72 Å². The van der Waals surface area contributed by atoms with Crippen LogP contribution in [0.15, 0.2) is 28.6 Å². The van der Waals surface area contributed by atoms with Crippen molar-refractivity contribution >= 4 is 38.9 Å². The molecule has 0 radical (unpaired) electrons. The molecular formula is C15H14N2O3S2. The Kier molecular flexibility index (Phi) is 4.08. The first-order valence-corrected chi connectivity index (χ1v) is 8.40. The Labute approximate surface area is 134 Å². The Morgan fingerprint density at radius 3 is 2.91 bits per heavy atom. The van der Waals surface area contributed by atoms with Gasteiger partial charge in [0.05, 0.1) is 25.2 Å². The molecule has 0 aliphatic carbocycles. The quantitative estimate of drug-likeness (QED) is 0.688. The molecule has 5 nitrogen and oxygen atoms in total. The van der Waals surface area contributed by atoms with Crippen LogP contribution in [0.5, 0.6) is 0 Å². The number of hydrogen-bond acceptors (Lipinski definition) is 6. The van der Waals surface area contributed by atoms with Crippen molar-refractivity contribution in [3.8, 4) is 10.4 Å². The second-order valence-corrected chi connectivity index (χ2v) is 6.96. The predicted molar refractivity (Wildman–Crippen MR) is 88.6 cm³/mol. The minimum atomic E-state index is -0.341. The molecule has 0 fully saturated rings. The summed E-state index contributed by atoms with van der Waals surface area (Å²) in [7, 11) is 1.34. The monoisotopic (exact) mass is 334 g/mol. The first-order chi connectivity index (χ1) is 10.6. The highest BCUT2D eigenvalue weighted by atomic mass is 32.1. The fourth-order valence-electron chi connectivity index (χ4n) is 2.20. The lowest BCUT2D eigenvalue weighted by Gasteiger charge is -2.04. The van der Waals surface area contributed by atoms with E-state index in [9.17, 15) is 9.59 Å². The number of methoxy groups -OCH3 is 1. The number of carbonyl (C=O) groups is 1. The zero-order valence-electron chi connectivity index (χ0n) is 12.2. The summed E-state index contributed by atoms with van der Waals surface area (Å²) in [6.45, 7) is 2.31. The number of fused-ring (bicyclic) bond motifs is 1. The molecule has 3 aromatic heterocycles. The molecule has 3 rings (SSSR count). The van der Waals surface area contributed by atoms with Gasteiger partial charge in [-0.3, -0.25) is 14.2 Å². The van der Waals surface area contributed by atoms with Gasteiger partial charge in [-0.05, 0) is 19.1 Å². The molecule has 0 aromatic carbocycles. The van der Waals surface area contributed by atoms with E-state index in [0.29, 0.717) is 5.39 Å². The number of aryl methyl sites for hydroxylation is 2. The summed E-state index contributed by atoms with van der Waals surface area (Å²) in [6.07, 6.45) is 1.65. The number of esters is 1. The first kappa shape index (κ1) is 14.9. The number of rotatable bonds is 4. The van der Waals surface area contributed by atoms with Gasteiger partial charge in [0.15, 0.2) is 0 Å². The highest BCUT2D eigenvalue weighted by molar-refractivity contribution is 7.19. The Bertz CT molecular complexity index is 892. The summed E-state index contributed by atoms with van der Waals surface area (Å²) in [5.74, 6) is -0.341. The van der Waals surface area contributed by atoms with Crippen molar-refractivity contribution in [1.29, 1.82) is 0 Å². The summed E-state index contributed by atoms with van der Waals surface area (Å²) >= 11 is 3.11. The average Bonchev–Trinajstić information content (AvgIpc) is 3.12. The van der Waals surface area contributed by atoms with E-state index < -0.39 is 0 Å². The van der Waals surface area contributed by atoms with Gasteiger partial charge in [-0.25, -0.2) is 4.98 Å². The number of thiophene rings is 2. The van der Waals surface area contributed by atoms with Crippen LogP contribution in [0.2, 0.25) is 0 Å². The van der Waals surface area contributed by atoms with Gasteiger partial charge in [0.25, 0.3) is 5.56 Å². The molecule has 3 heterocycles. The van der Waals surface area contributed by atoms with Crippen LogP contribution in [0, 0.1) is 6.92 Å². The van der Waals surface area contributed by atoms with Crippen LogP contribution in [0.25, 0.3) is 20.7 Å². The lowest BCUT2D eigenvalue weighted by Crippen LogP contribution is -2.22. The number of carbonyl (C=O) groups excluding carboxylic acids is 1. The molecule has 22 heavy (non-hydrogen) atoms. The van der Waals surface area contributed by atoms with Gasteiger partial charge in [0.2, 0.25) is 0 Å². The summed E-state index contributed by atoms with van der Waals surface area (Å²) in [6, 6.07) is 4.06. The standard InChI is InChI=1S/C15H14N2O3S2/c1-9-3-4-11(22-9)10-7-21-14-13(10)15(19)17(8-16-14)6-5-12(18)20-2/h3-4,7-8H,5-6H2,1-2H3. The van der Waals surface area contributed by atoms with Crippen LogP contribution in [0.3, 0.4) is 0 Å². The van der Waals surface area contributed by atoms with Crippen molar-refractivity contribution in [2.45, 2.75) is 19.9 Å². The van der Waals surface area contributed by atoms with Gasteiger partial charge >= 0.3 is 5.97 Å². The Morgan fingerprint density at radius 2 is 2.23 bits per heavy atom. The molecule has 0 spiro atoms. The normalized spacial score (nSPS) is 11.0. The number of nitrogens with zero attached hydrogens (tertiary/aromatic N) is 2. The molecule has 114 valence electrons. The van der Waals surface area contributed by atoms with E-state index in [0.717, 1.165) is 15.3 Å². The largest absolute Gasteiger partial charge is 0.469 e. The minimum absolute atomic E-state index is 0.115. The maximum Gasteiger partial charge on any atom is 0.307 e. The number of aromatic nitrogens is 2. The topological polar surface area (TPSA) is 61.2 Å². The second kappa shape index (κ2) is 6.02. The molecule has 0 aliphatic heterocycles. The van der Waals surface area contributed by atoms with Crippen LogP contribution in [-0.4, -0.2) is 22.6 Å². The molecule has 7 heteroatoms. The Morgan fingerprint density at radius 1 is 1.41 bits per heavy atom. The fraction of sp³-hybridized carbons (Fsp3) is 0.267. The van der Waals surface area contributed by atoms with Crippen molar-refractivity contribution in [3.05, 3.63) is 39.1 Å². The van der Waals surface area contributed by atoms with Crippen molar-refractivity contribution < 1.29 is 9.53 Å². The van der Waals surface area contributed by atoms with Crippen molar-refractivity contribution in [2.24, 2.45) is 0 Å². The summed E-state index contributed by atoms with van der Waals surface area (Å²) in [4.78, 5) is 31.2. The third kappa shape index (κ3) is 2.69. The van der Waals surface area contributed by atoms with E-state index in [1.807, 2.05) is 24.4 Å². The molecule has 3 aromatic rings. The second-order valence-electron chi connectivity index (χ2n) is 4.81. The van der Waals surface area contributed by atoms with Gasteiger partial charge < -0.3 is 4.74 Å². The van der Waals surface area contributed by atoms with E-state index in [1.165, 1.54) is 34.2 Å². The highest BCUT2D eigenvalue weighted by Crippen LogP contribution is 2.34. The maximum atomic E-state index is 12.7. The van der Waals surface area contributed by atoms with Gasteiger partial charge in [-0.2, -0.15) is 0 Å². The van der Waals surface area contributed by atoms with E-state index >= 15 is 0 Å². The molecule has 0 saturated heterocycles. The van der Waals surface area contributed by atoms with Crippen LogP contribution in [0.4, 0.5) is 0 Å². The molecule has 0 atom stereocenters. The molecule has 0 aliphatic rings. The molecule has 0 saturated carbocycles. The molecule has 0 amide bonds. The lowest BCUT2D eigenvalue weighted by atomic mass is 10.2. The van der Waals surface area contributed by atoms with Crippen molar-refractivity contribution in [1.82, 2.24) is 9.55 Å². The molecular weight excluding hydrogens is 320 g/mol. The SMILES string of the molecule is COC(=O)CCn1cnc2scc(-c3ccc(C)s3)c2c1=O. The summed E-state index contributed by atoms with van der Waals surface area (Å²) < 4.78 is 6.08. The first-order valence-electron chi connectivity index (χ1n) is 6.70. The average molecular weight is 334 g/mol. The summed E-state index contributed by atoms with van der Waals surface area (Å²) in [5.41, 5.74) is 0.805. The molecule has 0 N–H and O–H groups in total. The highest BCUT2D eigenvalue weighted by Gasteiger charge is 2.14. The van der Waals surface area contributed by atoms with Crippen LogP contribution in [0.1, 0.15) is 11.3 Å². The van der Waals surface area contributed by atoms with Gasteiger partial charge in [-0.1, -0.05) is 0 Å². The zero-order valence-corrected chi connectivity index (χ0v) is 13.8. The van der Waals surface area contributed by atoms with Crippen molar-refractivity contribution in [3.63, 3.8) is 0 Å². The van der Waals surface area contributed by atoms with E-state index in [1.54, 1.807) is 11.3 Å². The minimum Gasteiger partial charge on any atom is -0.469 e. The third-order valence-corrected chi connectivity index (χ3v) is 5.27. The molecule has 0 unspecified atom stereocenters. The van der Waals surface area contributed by atoms with Crippen LogP contribution < -0.4 is 5.56 Å². The predicted octanol–water partition coefficient (Wildman–Crippen LogP) is 3.06. The smallest absolute Gasteiger partial charge is 0.307 e. The fourth-order valence-corrected chi connectivity index (χ4v) is 4.06. The van der Waals surface area contributed by atoms with Gasteiger partial charge in [-0.15, -0.1) is 22.7 Å². The Balaban J connectivity index is 2.06. The van der Waals surface area contributed by atoms with E-state index in [-0.39, 0.29) is 24.5 Å². The van der Waals surface area contributed by atoms with Gasteiger partial charge in [0.1, 0.15) is 4.83 Å². The van der Waals surface area contributed by atoms with E-state index in [4.69, 9.17) is 0 Å². The Hall–Kier alpha value is -1.99. The maximum absolute atomic E-state index is 12.7. The third-order valence-electron chi connectivity index (χ3n) is 3.35. The zero-order chi connectivity index (χ0) is 15.7. The number of ether oxygens (including phenoxy) is 1. The van der Waals surface area contributed by atoms with Gasteiger partial charge in [0, 0.05) is 27.2 Å². The summed E-state index contributed by atoms with van der Waals surface area (Å²) in [5, 5.41) is 2.59.